The first-order chi connectivity index (χ1) is 14.7. The summed E-state index contributed by atoms with van der Waals surface area (Å²) in [6.45, 7) is 2.30. The maximum Gasteiger partial charge on any atom is 0.523 e. The third kappa shape index (κ3) is 5.44. The van der Waals surface area contributed by atoms with E-state index in [2.05, 4.69) is 11.1 Å². The molecule has 0 saturated heterocycles. The summed E-state index contributed by atoms with van der Waals surface area (Å²) in [5, 5.41) is 0. The Labute approximate surface area is 186 Å². The predicted molar refractivity (Wildman–Crippen MR) is 115 cm³/mol. The number of halogens is 3. The zero-order valence-electron chi connectivity index (χ0n) is 18.8. The van der Waals surface area contributed by atoms with Crippen molar-refractivity contribution in [3.63, 3.8) is 0 Å². The molecule has 0 radical (unpaired) electrons. The van der Waals surface area contributed by atoms with Crippen LogP contribution in [0.2, 0.25) is 0 Å². The van der Waals surface area contributed by atoms with E-state index >= 15 is 0 Å². The van der Waals surface area contributed by atoms with Gasteiger partial charge >= 0.3 is 15.6 Å². The van der Waals surface area contributed by atoms with Crippen molar-refractivity contribution < 1.29 is 25.8 Å². The minimum atomic E-state index is -5.48. The first kappa shape index (κ1) is 23.8. The van der Waals surface area contributed by atoms with Crippen molar-refractivity contribution in [2.75, 3.05) is 0 Å². The fourth-order valence-corrected chi connectivity index (χ4v) is 8.40. The van der Waals surface area contributed by atoms with Crippen molar-refractivity contribution in [3.05, 3.63) is 0 Å². The molecule has 3 nitrogen and oxygen atoms in total. The van der Waals surface area contributed by atoms with Crippen LogP contribution in [0.3, 0.4) is 0 Å². The molecule has 4 fully saturated rings. The van der Waals surface area contributed by atoms with Crippen LogP contribution in [0.1, 0.15) is 96.8 Å². The molecule has 0 heterocycles. The summed E-state index contributed by atoms with van der Waals surface area (Å²) < 4.78 is 65.2. The minimum Gasteiger partial charge on any atom is -0.260 e. The Bertz CT molecular complexity index is 707. The van der Waals surface area contributed by atoms with Gasteiger partial charge in [0.2, 0.25) is 0 Å². The maximum absolute atomic E-state index is 12.6. The molecule has 8 unspecified atom stereocenters. The summed E-state index contributed by atoms with van der Waals surface area (Å²) in [5.41, 5.74) is -5.32. The lowest BCUT2D eigenvalue weighted by Gasteiger charge is -2.48. The van der Waals surface area contributed by atoms with E-state index in [1.807, 2.05) is 0 Å². The molecule has 4 rings (SSSR count). The SMILES string of the molecule is CCCC1CCC2CC(C3CCC4CC(OS(=O)(=O)C(F)(F)F)CCC4C3)CCC2C1. The smallest absolute Gasteiger partial charge is 0.260 e. The summed E-state index contributed by atoms with van der Waals surface area (Å²) in [5.74, 6) is 5.25. The third-order valence-corrected chi connectivity index (χ3v) is 10.4. The minimum absolute atomic E-state index is 0.319. The highest BCUT2D eigenvalue weighted by Crippen LogP contribution is 2.52. The first-order valence-electron chi connectivity index (χ1n) is 12.7. The Morgan fingerprint density at radius 2 is 1.16 bits per heavy atom. The van der Waals surface area contributed by atoms with Gasteiger partial charge in [-0.05, 0) is 112 Å². The monoisotopic (exact) mass is 464 g/mol. The highest BCUT2D eigenvalue weighted by molar-refractivity contribution is 7.87. The largest absolute Gasteiger partial charge is 0.523 e. The average Bonchev–Trinajstić information content (AvgIpc) is 2.72. The van der Waals surface area contributed by atoms with Crippen molar-refractivity contribution in [2.24, 2.45) is 41.4 Å². The van der Waals surface area contributed by atoms with Crippen LogP contribution >= 0.6 is 0 Å². The lowest BCUT2D eigenvalue weighted by molar-refractivity contribution is -0.0618. The lowest BCUT2D eigenvalue weighted by atomic mass is 9.58. The molecule has 31 heavy (non-hydrogen) atoms. The molecular weight excluding hydrogens is 425 g/mol. The van der Waals surface area contributed by atoms with E-state index in [-0.39, 0.29) is 0 Å². The topological polar surface area (TPSA) is 43.4 Å². The highest BCUT2D eigenvalue weighted by atomic mass is 32.2. The van der Waals surface area contributed by atoms with Gasteiger partial charge in [0, 0.05) is 0 Å². The van der Waals surface area contributed by atoms with E-state index < -0.39 is 21.7 Å². The van der Waals surface area contributed by atoms with Crippen molar-refractivity contribution in [3.8, 4) is 0 Å². The molecule has 0 aromatic heterocycles. The fourth-order valence-electron chi connectivity index (χ4n) is 7.75. The Morgan fingerprint density at radius 1 is 0.710 bits per heavy atom. The molecule has 0 amide bonds. The van der Waals surface area contributed by atoms with Crippen LogP contribution < -0.4 is 0 Å². The van der Waals surface area contributed by atoms with Gasteiger partial charge in [-0.1, -0.05) is 26.2 Å². The van der Waals surface area contributed by atoms with Gasteiger partial charge in [-0.3, -0.25) is 4.18 Å². The van der Waals surface area contributed by atoms with Gasteiger partial charge in [-0.15, -0.1) is 0 Å². The Hall–Kier alpha value is -0.300. The molecule has 7 heteroatoms. The molecule has 0 spiro atoms. The van der Waals surface area contributed by atoms with Crippen molar-refractivity contribution in [1.29, 1.82) is 0 Å². The fraction of sp³-hybridized carbons (Fsp3) is 1.00. The second-order valence-electron chi connectivity index (χ2n) is 11.1. The van der Waals surface area contributed by atoms with Crippen molar-refractivity contribution >= 4 is 10.1 Å². The third-order valence-electron chi connectivity index (χ3n) is 9.28. The van der Waals surface area contributed by atoms with Gasteiger partial charge in [-0.25, -0.2) is 0 Å². The molecule has 0 aliphatic heterocycles. The number of hydrogen-bond donors (Lipinski definition) is 0. The highest BCUT2D eigenvalue weighted by Gasteiger charge is 2.50. The summed E-state index contributed by atoms with van der Waals surface area (Å²) >= 11 is 0. The lowest BCUT2D eigenvalue weighted by Crippen LogP contribution is -2.40. The van der Waals surface area contributed by atoms with Crippen LogP contribution in [0.5, 0.6) is 0 Å². The van der Waals surface area contributed by atoms with E-state index in [0.29, 0.717) is 24.7 Å². The van der Waals surface area contributed by atoms with Gasteiger partial charge in [0.05, 0.1) is 6.10 Å². The Morgan fingerprint density at radius 3 is 1.68 bits per heavy atom. The molecule has 0 aromatic rings. The van der Waals surface area contributed by atoms with Crippen LogP contribution in [0, 0.1) is 41.4 Å². The van der Waals surface area contributed by atoms with E-state index in [1.54, 1.807) is 0 Å². The van der Waals surface area contributed by atoms with E-state index in [4.69, 9.17) is 0 Å². The summed E-state index contributed by atoms with van der Waals surface area (Å²) in [7, 11) is -5.48. The second kappa shape index (κ2) is 9.52. The zero-order valence-corrected chi connectivity index (χ0v) is 19.6. The standard InChI is InChI=1S/C24H39F3O3S/c1-2-3-16-4-5-18-13-19(7-6-17(18)12-16)20-8-9-22-15-23(11-10-21(22)14-20)30-31(28,29)24(25,26)27/h16-23H,2-15H2,1H3. The maximum atomic E-state index is 12.6. The summed E-state index contributed by atoms with van der Waals surface area (Å²) in [6, 6.07) is 0. The summed E-state index contributed by atoms with van der Waals surface area (Å²) in [4.78, 5) is 0. The van der Waals surface area contributed by atoms with Gasteiger partial charge in [-0.2, -0.15) is 21.6 Å². The molecule has 4 aliphatic carbocycles. The molecule has 0 N–H and O–H groups in total. The van der Waals surface area contributed by atoms with E-state index in [0.717, 1.165) is 48.9 Å². The van der Waals surface area contributed by atoms with Crippen LogP contribution in [0.15, 0.2) is 0 Å². The molecule has 180 valence electrons. The van der Waals surface area contributed by atoms with E-state index in [1.165, 1.54) is 57.8 Å². The van der Waals surface area contributed by atoms with Gasteiger partial charge < -0.3 is 0 Å². The molecule has 4 saturated carbocycles. The number of rotatable bonds is 5. The average molecular weight is 465 g/mol. The zero-order chi connectivity index (χ0) is 22.2. The Kier molecular flexibility index (Phi) is 7.32. The Balaban J connectivity index is 1.26. The quantitative estimate of drug-likeness (QED) is 0.323. The molecule has 0 aromatic carbocycles. The first-order valence-corrected chi connectivity index (χ1v) is 14.1. The van der Waals surface area contributed by atoms with Gasteiger partial charge in [0.1, 0.15) is 0 Å². The number of fused-ring (bicyclic) bond motifs is 2. The predicted octanol–water partition coefficient (Wildman–Crippen LogP) is 7.07. The molecule has 4 aliphatic rings. The van der Waals surface area contributed by atoms with E-state index in [9.17, 15) is 21.6 Å². The normalized spacial score (nSPS) is 41.9. The summed E-state index contributed by atoms with van der Waals surface area (Å²) in [6.07, 6.45) is 15.4. The number of alkyl halides is 3. The van der Waals surface area contributed by atoms with Crippen molar-refractivity contribution in [1.82, 2.24) is 0 Å². The van der Waals surface area contributed by atoms with Gasteiger partial charge in [0.15, 0.2) is 0 Å². The second-order valence-corrected chi connectivity index (χ2v) is 12.6. The van der Waals surface area contributed by atoms with Crippen LogP contribution in [-0.4, -0.2) is 20.0 Å². The molecule has 0 bridgehead atoms. The van der Waals surface area contributed by atoms with Crippen LogP contribution in [-0.2, 0) is 14.3 Å². The van der Waals surface area contributed by atoms with Crippen LogP contribution in [0.4, 0.5) is 13.2 Å². The number of hydrogen-bond acceptors (Lipinski definition) is 3. The van der Waals surface area contributed by atoms with Crippen molar-refractivity contribution in [2.45, 2.75) is 108 Å². The molecular formula is C24H39F3O3S. The van der Waals surface area contributed by atoms with Gasteiger partial charge in [0.25, 0.3) is 0 Å². The van der Waals surface area contributed by atoms with Crippen LogP contribution in [0.25, 0.3) is 0 Å². The molecule has 8 atom stereocenters.